The van der Waals surface area contributed by atoms with Crippen LogP contribution in [0.2, 0.25) is 0 Å². The lowest BCUT2D eigenvalue weighted by Gasteiger charge is -2.01. The second kappa shape index (κ2) is 4.33. The van der Waals surface area contributed by atoms with Crippen LogP contribution in [0.5, 0.6) is 5.75 Å². The van der Waals surface area contributed by atoms with E-state index >= 15 is 0 Å². The van der Waals surface area contributed by atoms with E-state index in [-0.39, 0.29) is 13.0 Å². The van der Waals surface area contributed by atoms with Gasteiger partial charge in [-0.25, -0.2) is 0 Å². The average Bonchev–Trinajstić information content (AvgIpc) is 2.05. The molecule has 0 aliphatic rings. The van der Waals surface area contributed by atoms with E-state index in [0.29, 0.717) is 5.75 Å². The van der Waals surface area contributed by atoms with E-state index in [9.17, 15) is 4.79 Å². The first-order valence-corrected chi connectivity index (χ1v) is 3.53. The third-order valence-electron chi connectivity index (χ3n) is 1.22. The van der Waals surface area contributed by atoms with Crippen molar-refractivity contribution >= 4 is 5.97 Å². The summed E-state index contributed by atoms with van der Waals surface area (Å²) in [6.07, 6.45) is 3.18. The van der Waals surface area contributed by atoms with E-state index in [2.05, 4.69) is 4.98 Å². The number of pyridine rings is 1. The number of aromatic nitrogens is 1. The van der Waals surface area contributed by atoms with Crippen LogP contribution in [-0.4, -0.2) is 22.7 Å². The summed E-state index contributed by atoms with van der Waals surface area (Å²) in [5.74, 6) is -0.266. The number of ether oxygens (including phenoxy) is 1. The second-order valence-electron chi connectivity index (χ2n) is 2.18. The molecule has 4 heteroatoms. The van der Waals surface area contributed by atoms with Gasteiger partial charge in [0.2, 0.25) is 0 Å². The predicted molar refractivity (Wildman–Crippen MR) is 42.0 cm³/mol. The fourth-order valence-electron chi connectivity index (χ4n) is 0.689. The van der Waals surface area contributed by atoms with Crippen LogP contribution >= 0.6 is 0 Å². The molecule has 0 spiro atoms. The summed E-state index contributed by atoms with van der Waals surface area (Å²) in [6, 6.07) is 3.46. The van der Waals surface area contributed by atoms with Gasteiger partial charge in [0.1, 0.15) is 5.75 Å². The Kier molecular flexibility index (Phi) is 3.07. The molecular weight excluding hydrogens is 158 g/mol. The summed E-state index contributed by atoms with van der Waals surface area (Å²) in [5, 5.41) is 8.30. The molecule has 0 radical (unpaired) electrons. The molecular formula is C8H9NO3. The Hall–Kier alpha value is -1.58. The smallest absolute Gasteiger partial charge is 0.306 e. The maximum Gasteiger partial charge on any atom is 0.306 e. The number of carboxylic acids is 1. The van der Waals surface area contributed by atoms with Crippen LogP contribution in [0.25, 0.3) is 0 Å². The zero-order valence-electron chi connectivity index (χ0n) is 6.43. The lowest BCUT2D eigenvalue weighted by atomic mass is 10.4. The van der Waals surface area contributed by atoms with E-state index in [0.717, 1.165) is 0 Å². The maximum absolute atomic E-state index is 10.1. The van der Waals surface area contributed by atoms with Crippen LogP contribution in [-0.2, 0) is 4.79 Å². The fourth-order valence-corrected chi connectivity index (χ4v) is 0.689. The molecule has 0 unspecified atom stereocenters. The number of rotatable bonds is 4. The number of nitrogens with zero attached hydrogens (tertiary/aromatic N) is 1. The van der Waals surface area contributed by atoms with Gasteiger partial charge in [0.05, 0.1) is 19.2 Å². The van der Waals surface area contributed by atoms with Crippen LogP contribution in [0.3, 0.4) is 0 Å². The molecule has 12 heavy (non-hydrogen) atoms. The average molecular weight is 167 g/mol. The van der Waals surface area contributed by atoms with Crippen molar-refractivity contribution in [1.82, 2.24) is 4.98 Å². The van der Waals surface area contributed by atoms with Crippen molar-refractivity contribution in [2.45, 2.75) is 6.42 Å². The third-order valence-corrected chi connectivity index (χ3v) is 1.22. The van der Waals surface area contributed by atoms with E-state index in [1.54, 1.807) is 24.5 Å². The van der Waals surface area contributed by atoms with Gasteiger partial charge >= 0.3 is 5.97 Å². The number of carboxylic acid groups (broad SMARTS) is 1. The van der Waals surface area contributed by atoms with Crippen molar-refractivity contribution < 1.29 is 14.6 Å². The Morgan fingerprint density at radius 3 is 3.08 bits per heavy atom. The van der Waals surface area contributed by atoms with Gasteiger partial charge in [0.25, 0.3) is 0 Å². The van der Waals surface area contributed by atoms with Crippen molar-refractivity contribution in [2.24, 2.45) is 0 Å². The number of hydrogen-bond donors (Lipinski definition) is 1. The van der Waals surface area contributed by atoms with E-state index < -0.39 is 5.97 Å². The van der Waals surface area contributed by atoms with Crippen LogP contribution in [0.15, 0.2) is 24.5 Å². The molecule has 64 valence electrons. The summed E-state index contributed by atoms with van der Waals surface area (Å²) in [4.78, 5) is 13.9. The summed E-state index contributed by atoms with van der Waals surface area (Å²) < 4.78 is 5.07. The fraction of sp³-hybridized carbons (Fsp3) is 0.250. The standard InChI is InChI=1S/C8H9NO3/c10-8(11)3-5-12-7-2-1-4-9-6-7/h1-2,4,6H,3,5H2,(H,10,11). The normalized spacial score (nSPS) is 9.33. The highest BCUT2D eigenvalue weighted by Crippen LogP contribution is 2.05. The molecule has 0 saturated heterocycles. The predicted octanol–water partition coefficient (Wildman–Crippen LogP) is 0.935. The van der Waals surface area contributed by atoms with Gasteiger partial charge < -0.3 is 9.84 Å². The zero-order valence-corrected chi connectivity index (χ0v) is 6.43. The molecule has 1 N–H and O–H groups in total. The minimum Gasteiger partial charge on any atom is -0.491 e. The van der Waals surface area contributed by atoms with Crippen molar-refractivity contribution in [3.63, 3.8) is 0 Å². The second-order valence-corrected chi connectivity index (χ2v) is 2.18. The molecule has 0 fully saturated rings. The van der Waals surface area contributed by atoms with Gasteiger partial charge in [-0.05, 0) is 12.1 Å². The van der Waals surface area contributed by atoms with Gasteiger partial charge in [-0.15, -0.1) is 0 Å². The zero-order chi connectivity index (χ0) is 8.81. The van der Waals surface area contributed by atoms with E-state index in [4.69, 9.17) is 9.84 Å². The molecule has 1 aromatic rings. The number of aliphatic carboxylic acids is 1. The molecule has 0 atom stereocenters. The van der Waals surface area contributed by atoms with Crippen LogP contribution in [0.4, 0.5) is 0 Å². The van der Waals surface area contributed by atoms with Gasteiger partial charge in [0.15, 0.2) is 0 Å². The molecule has 0 aromatic carbocycles. The van der Waals surface area contributed by atoms with Crippen molar-refractivity contribution in [3.05, 3.63) is 24.5 Å². The molecule has 0 aliphatic heterocycles. The molecule has 1 heterocycles. The Labute approximate surface area is 69.8 Å². The van der Waals surface area contributed by atoms with Gasteiger partial charge in [0, 0.05) is 6.20 Å². The largest absolute Gasteiger partial charge is 0.491 e. The lowest BCUT2D eigenvalue weighted by molar-refractivity contribution is -0.137. The van der Waals surface area contributed by atoms with E-state index in [1.807, 2.05) is 0 Å². The summed E-state index contributed by atoms with van der Waals surface area (Å²) in [5.41, 5.74) is 0. The Morgan fingerprint density at radius 1 is 1.67 bits per heavy atom. The molecule has 0 amide bonds. The quantitative estimate of drug-likeness (QED) is 0.724. The molecule has 0 bridgehead atoms. The van der Waals surface area contributed by atoms with Gasteiger partial charge in [-0.3, -0.25) is 9.78 Å². The Bertz CT molecular complexity index is 248. The Morgan fingerprint density at radius 2 is 2.50 bits per heavy atom. The van der Waals surface area contributed by atoms with Crippen molar-refractivity contribution in [3.8, 4) is 5.75 Å². The van der Waals surface area contributed by atoms with Crippen LogP contribution < -0.4 is 4.74 Å². The topological polar surface area (TPSA) is 59.4 Å². The SMILES string of the molecule is O=C(O)CCOc1cccnc1. The van der Waals surface area contributed by atoms with Crippen molar-refractivity contribution in [2.75, 3.05) is 6.61 Å². The summed E-state index contributed by atoms with van der Waals surface area (Å²) in [7, 11) is 0. The third kappa shape index (κ3) is 3.01. The highest BCUT2D eigenvalue weighted by atomic mass is 16.5. The van der Waals surface area contributed by atoms with Gasteiger partial charge in [-0.1, -0.05) is 0 Å². The molecule has 0 saturated carbocycles. The van der Waals surface area contributed by atoms with Gasteiger partial charge in [-0.2, -0.15) is 0 Å². The minimum atomic E-state index is -0.862. The summed E-state index contributed by atoms with van der Waals surface area (Å²) >= 11 is 0. The molecule has 1 aromatic heterocycles. The highest BCUT2D eigenvalue weighted by Gasteiger charge is 1.96. The molecule has 0 aliphatic carbocycles. The van der Waals surface area contributed by atoms with E-state index in [1.165, 1.54) is 0 Å². The lowest BCUT2D eigenvalue weighted by Crippen LogP contribution is -2.04. The number of hydrogen-bond acceptors (Lipinski definition) is 3. The first-order chi connectivity index (χ1) is 5.79. The van der Waals surface area contributed by atoms with Crippen molar-refractivity contribution in [1.29, 1.82) is 0 Å². The van der Waals surface area contributed by atoms with Crippen LogP contribution in [0, 0.1) is 0 Å². The highest BCUT2D eigenvalue weighted by molar-refractivity contribution is 5.66. The molecule has 1 rings (SSSR count). The van der Waals surface area contributed by atoms with Crippen LogP contribution in [0.1, 0.15) is 6.42 Å². The Balaban J connectivity index is 2.29. The summed E-state index contributed by atoms with van der Waals surface area (Å²) in [6.45, 7) is 0.182. The minimum absolute atomic E-state index is 0.00882. The number of carbonyl (C=O) groups is 1. The maximum atomic E-state index is 10.1. The monoisotopic (exact) mass is 167 g/mol. The first kappa shape index (κ1) is 8.52. The first-order valence-electron chi connectivity index (χ1n) is 3.53. The molecule has 4 nitrogen and oxygen atoms in total.